The third-order valence-electron chi connectivity index (χ3n) is 5.09. The van der Waals surface area contributed by atoms with Gasteiger partial charge in [-0.25, -0.2) is 4.98 Å². The van der Waals surface area contributed by atoms with Crippen molar-refractivity contribution in [3.8, 4) is 6.07 Å². The normalized spacial score (nSPS) is 12.4. The van der Waals surface area contributed by atoms with Gasteiger partial charge in [-0.1, -0.05) is 30.3 Å². The van der Waals surface area contributed by atoms with Gasteiger partial charge in [0.1, 0.15) is 0 Å². The number of aromatic nitrogens is 2. The molecule has 1 amide bonds. The van der Waals surface area contributed by atoms with E-state index in [-0.39, 0.29) is 17.7 Å². The van der Waals surface area contributed by atoms with Crippen LogP contribution in [0.25, 0.3) is 11.0 Å². The molecule has 1 heterocycles. The third-order valence-corrected chi connectivity index (χ3v) is 5.09. The van der Waals surface area contributed by atoms with Crippen molar-refractivity contribution in [3.63, 3.8) is 0 Å². The van der Waals surface area contributed by atoms with Crippen LogP contribution in [-0.4, -0.2) is 21.2 Å². The summed E-state index contributed by atoms with van der Waals surface area (Å²) in [5.74, 6) is -0.177. The van der Waals surface area contributed by atoms with E-state index in [0.29, 0.717) is 12.1 Å². The average molecular weight is 388 g/mol. The molecule has 0 aliphatic heterocycles. The summed E-state index contributed by atoms with van der Waals surface area (Å²) in [7, 11) is 0. The maximum absolute atomic E-state index is 12.1. The van der Waals surface area contributed by atoms with E-state index in [1.807, 2.05) is 54.8 Å². The highest BCUT2D eigenvalue weighted by molar-refractivity contribution is 6.05. The number of nitrogens with one attached hydrogen (secondary N) is 1. The Morgan fingerprint density at radius 1 is 1.17 bits per heavy atom. The Hall–Kier alpha value is -3.46. The van der Waals surface area contributed by atoms with Crippen molar-refractivity contribution in [2.45, 2.75) is 45.7 Å². The molecule has 1 aromatic heterocycles. The van der Waals surface area contributed by atoms with Crippen molar-refractivity contribution >= 4 is 22.7 Å². The predicted molar refractivity (Wildman–Crippen MR) is 111 cm³/mol. The number of imidazole rings is 1. The van der Waals surface area contributed by atoms with Gasteiger partial charge >= 0.3 is 0 Å². The van der Waals surface area contributed by atoms with Crippen LogP contribution in [0.15, 0.2) is 48.8 Å². The summed E-state index contributed by atoms with van der Waals surface area (Å²) in [5.41, 5.74) is 3.35. The molecule has 3 rings (SSSR count). The highest BCUT2D eigenvalue weighted by Gasteiger charge is 2.21. The molecule has 0 spiro atoms. The Kier molecular flexibility index (Phi) is 5.51. The SMILES string of the molecule is CC(=O)NC(Cn1cnc2cccc(C(C)=O)c21)c1ccc(C(C)(C)C#N)cc1. The molecule has 6 heteroatoms. The van der Waals surface area contributed by atoms with Gasteiger partial charge in [-0.3, -0.25) is 9.59 Å². The molecule has 6 nitrogen and oxygen atoms in total. The lowest BCUT2D eigenvalue weighted by atomic mass is 9.85. The lowest BCUT2D eigenvalue weighted by molar-refractivity contribution is -0.119. The first-order chi connectivity index (χ1) is 13.7. The Balaban J connectivity index is 1.99. The molecule has 29 heavy (non-hydrogen) atoms. The van der Waals surface area contributed by atoms with Gasteiger partial charge in [0.25, 0.3) is 0 Å². The Morgan fingerprint density at radius 3 is 2.45 bits per heavy atom. The van der Waals surface area contributed by atoms with E-state index in [1.54, 1.807) is 12.4 Å². The summed E-state index contributed by atoms with van der Waals surface area (Å²) in [6, 6.07) is 15.2. The first kappa shape index (κ1) is 20.3. The van der Waals surface area contributed by atoms with Crippen LogP contribution >= 0.6 is 0 Å². The molecule has 1 N–H and O–H groups in total. The van der Waals surface area contributed by atoms with Crippen molar-refractivity contribution in [1.82, 2.24) is 14.9 Å². The zero-order valence-corrected chi connectivity index (χ0v) is 17.1. The van der Waals surface area contributed by atoms with Crippen LogP contribution in [0.3, 0.4) is 0 Å². The van der Waals surface area contributed by atoms with Crippen LogP contribution < -0.4 is 5.32 Å². The van der Waals surface area contributed by atoms with E-state index in [4.69, 9.17) is 0 Å². The molecule has 0 fully saturated rings. The second-order valence-corrected chi connectivity index (χ2v) is 7.74. The summed E-state index contributed by atoms with van der Waals surface area (Å²) in [5, 5.41) is 12.3. The summed E-state index contributed by atoms with van der Waals surface area (Å²) in [4.78, 5) is 28.3. The van der Waals surface area contributed by atoms with Crippen molar-refractivity contribution in [3.05, 3.63) is 65.5 Å². The summed E-state index contributed by atoms with van der Waals surface area (Å²) in [6.07, 6.45) is 1.69. The van der Waals surface area contributed by atoms with Crippen molar-refractivity contribution < 1.29 is 9.59 Å². The maximum Gasteiger partial charge on any atom is 0.217 e. The van der Waals surface area contributed by atoms with Crippen molar-refractivity contribution in [2.24, 2.45) is 0 Å². The minimum absolute atomic E-state index is 0.0310. The molecule has 148 valence electrons. The number of nitrogens with zero attached hydrogens (tertiary/aromatic N) is 3. The van der Waals surface area contributed by atoms with E-state index in [1.165, 1.54) is 13.8 Å². The fraction of sp³-hybridized carbons (Fsp3) is 0.304. The number of amides is 1. The van der Waals surface area contributed by atoms with E-state index < -0.39 is 5.41 Å². The molecule has 1 unspecified atom stereocenters. The second-order valence-electron chi connectivity index (χ2n) is 7.74. The zero-order chi connectivity index (χ0) is 21.2. The highest BCUT2D eigenvalue weighted by Crippen LogP contribution is 2.26. The minimum atomic E-state index is -0.584. The topological polar surface area (TPSA) is 87.8 Å². The molecular formula is C23H24N4O2. The van der Waals surface area contributed by atoms with Gasteiger partial charge in [-0.15, -0.1) is 0 Å². The number of fused-ring (bicyclic) bond motifs is 1. The average Bonchev–Trinajstić information content (AvgIpc) is 3.10. The molecule has 0 saturated heterocycles. The van der Waals surface area contributed by atoms with Gasteiger partial charge in [0.05, 0.1) is 34.9 Å². The highest BCUT2D eigenvalue weighted by atomic mass is 16.1. The zero-order valence-electron chi connectivity index (χ0n) is 17.1. The number of rotatable bonds is 6. The van der Waals surface area contributed by atoms with Gasteiger partial charge < -0.3 is 9.88 Å². The number of carbonyl (C=O) groups is 2. The number of para-hydroxylation sites is 1. The van der Waals surface area contributed by atoms with Crippen molar-refractivity contribution in [1.29, 1.82) is 5.26 Å². The van der Waals surface area contributed by atoms with Crippen LogP contribution in [-0.2, 0) is 16.8 Å². The third kappa shape index (κ3) is 4.19. The number of benzene rings is 2. The van der Waals surface area contributed by atoms with Gasteiger partial charge in [-0.05, 0) is 44.0 Å². The monoisotopic (exact) mass is 388 g/mol. The molecule has 1 atom stereocenters. The largest absolute Gasteiger partial charge is 0.348 e. The molecular weight excluding hydrogens is 364 g/mol. The number of nitriles is 1. The summed E-state index contributed by atoms with van der Waals surface area (Å²) >= 11 is 0. The lowest BCUT2D eigenvalue weighted by Crippen LogP contribution is -2.29. The van der Waals surface area contributed by atoms with Crippen LogP contribution in [0.4, 0.5) is 0 Å². The van der Waals surface area contributed by atoms with Crippen LogP contribution in [0, 0.1) is 11.3 Å². The second kappa shape index (κ2) is 7.88. The Morgan fingerprint density at radius 2 is 1.86 bits per heavy atom. The molecule has 0 aliphatic carbocycles. The van der Waals surface area contributed by atoms with Gasteiger partial charge in [0.15, 0.2) is 5.78 Å². The van der Waals surface area contributed by atoms with Crippen LogP contribution in [0.5, 0.6) is 0 Å². The quantitative estimate of drug-likeness (QED) is 0.648. The first-order valence-electron chi connectivity index (χ1n) is 9.46. The summed E-state index contributed by atoms with van der Waals surface area (Å²) < 4.78 is 1.90. The molecule has 0 bridgehead atoms. The van der Waals surface area contributed by atoms with E-state index in [9.17, 15) is 14.9 Å². The standard InChI is InChI=1S/C23H24N4O2/c1-15(28)19-6-5-7-20-22(19)27(14-25-20)12-21(26-16(2)29)17-8-10-18(11-9-17)23(3,4)13-24/h5-11,14,21H,12H2,1-4H3,(H,26,29). The number of hydrogen-bond donors (Lipinski definition) is 1. The maximum atomic E-state index is 12.1. The number of hydrogen-bond acceptors (Lipinski definition) is 4. The van der Waals surface area contributed by atoms with E-state index >= 15 is 0 Å². The van der Waals surface area contributed by atoms with Crippen LogP contribution in [0.1, 0.15) is 55.2 Å². The fourth-order valence-corrected chi connectivity index (χ4v) is 3.42. The minimum Gasteiger partial charge on any atom is -0.348 e. The van der Waals surface area contributed by atoms with E-state index in [0.717, 1.165) is 22.2 Å². The number of ketones is 1. The lowest BCUT2D eigenvalue weighted by Gasteiger charge is -2.22. The van der Waals surface area contributed by atoms with Crippen LogP contribution in [0.2, 0.25) is 0 Å². The Bertz CT molecular complexity index is 1100. The smallest absolute Gasteiger partial charge is 0.217 e. The molecule has 0 saturated carbocycles. The first-order valence-corrected chi connectivity index (χ1v) is 9.46. The fourth-order valence-electron chi connectivity index (χ4n) is 3.42. The molecule has 3 aromatic rings. The van der Waals surface area contributed by atoms with Gasteiger partial charge in [0, 0.05) is 19.0 Å². The van der Waals surface area contributed by atoms with Gasteiger partial charge in [0.2, 0.25) is 5.91 Å². The van der Waals surface area contributed by atoms with Gasteiger partial charge in [-0.2, -0.15) is 5.26 Å². The summed E-state index contributed by atoms with van der Waals surface area (Å²) in [6.45, 7) is 7.18. The van der Waals surface area contributed by atoms with Crippen molar-refractivity contribution in [2.75, 3.05) is 0 Å². The number of carbonyl (C=O) groups excluding carboxylic acids is 2. The molecule has 0 radical (unpaired) electrons. The molecule has 0 aliphatic rings. The predicted octanol–water partition coefficient (Wildman–Crippen LogP) is 3.92. The number of Topliss-reactive ketones (excluding diaryl/α,β-unsaturated/α-hetero) is 1. The molecule has 2 aromatic carbocycles. The van der Waals surface area contributed by atoms with E-state index in [2.05, 4.69) is 16.4 Å². The Labute approximate surface area is 170 Å².